The van der Waals surface area contributed by atoms with Crippen molar-refractivity contribution >= 4 is 28.5 Å². The summed E-state index contributed by atoms with van der Waals surface area (Å²) in [5, 5.41) is 3.90. The Balaban J connectivity index is 1.95. The Morgan fingerprint density at radius 2 is 1.52 bits per heavy atom. The van der Waals surface area contributed by atoms with Crippen LogP contribution in [0.3, 0.4) is 0 Å². The van der Waals surface area contributed by atoms with Crippen LogP contribution in [0.25, 0.3) is 21.0 Å². The van der Waals surface area contributed by atoms with Crippen LogP contribution in [0.1, 0.15) is 15.9 Å². The molecule has 1 aromatic carbocycles. The molecule has 0 unspecified atom stereocenters. The third-order valence-corrected chi connectivity index (χ3v) is 5.68. The normalized spacial score (nSPS) is 10.7. The average Bonchev–Trinajstić information content (AvgIpc) is 3.35. The molecule has 1 N–H and O–H groups in total. The van der Waals surface area contributed by atoms with E-state index in [-0.39, 0.29) is 16.9 Å². The third-order valence-electron chi connectivity index (χ3n) is 3.87. The van der Waals surface area contributed by atoms with Crippen molar-refractivity contribution in [2.45, 2.75) is 0 Å². The van der Waals surface area contributed by atoms with E-state index < -0.39 is 0 Å². The second kappa shape index (κ2) is 6.63. The van der Waals surface area contributed by atoms with Crippen molar-refractivity contribution in [1.82, 2.24) is 4.98 Å². The SMILES string of the molecule is O=C(c1ccccc1)c1c(-c2cccs2)cc(-c2cccs2)[nH]c1=O. The highest BCUT2D eigenvalue weighted by atomic mass is 32.1. The zero-order valence-corrected chi connectivity index (χ0v) is 14.7. The molecule has 0 aliphatic carbocycles. The molecule has 3 nitrogen and oxygen atoms in total. The molecular formula is C20H13NO2S2. The first-order chi connectivity index (χ1) is 12.2. The van der Waals surface area contributed by atoms with Gasteiger partial charge in [-0.15, -0.1) is 22.7 Å². The van der Waals surface area contributed by atoms with E-state index in [4.69, 9.17) is 0 Å². The van der Waals surface area contributed by atoms with Gasteiger partial charge in [-0.2, -0.15) is 0 Å². The molecule has 0 saturated heterocycles. The van der Waals surface area contributed by atoms with Crippen LogP contribution >= 0.6 is 22.7 Å². The summed E-state index contributed by atoms with van der Waals surface area (Å²) in [6.07, 6.45) is 0. The largest absolute Gasteiger partial charge is 0.321 e. The number of nitrogens with one attached hydrogen (secondary N) is 1. The lowest BCUT2D eigenvalue weighted by Crippen LogP contribution is -2.20. The van der Waals surface area contributed by atoms with Crippen molar-refractivity contribution < 1.29 is 4.79 Å². The van der Waals surface area contributed by atoms with Crippen LogP contribution in [-0.2, 0) is 0 Å². The maximum atomic E-state index is 13.0. The predicted octanol–water partition coefficient (Wildman–Crippen LogP) is 5.06. The monoisotopic (exact) mass is 363 g/mol. The van der Waals surface area contributed by atoms with Crippen LogP contribution in [0.4, 0.5) is 0 Å². The first kappa shape index (κ1) is 15.7. The number of carbonyl (C=O) groups is 1. The Morgan fingerprint density at radius 1 is 0.840 bits per heavy atom. The van der Waals surface area contributed by atoms with Gasteiger partial charge in [-0.3, -0.25) is 9.59 Å². The number of benzene rings is 1. The van der Waals surface area contributed by atoms with Crippen molar-refractivity contribution in [3.63, 3.8) is 0 Å². The van der Waals surface area contributed by atoms with Crippen LogP contribution in [0.2, 0.25) is 0 Å². The van der Waals surface area contributed by atoms with Crippen molar-refractivity contribution in [3.8, 4) is 21.0 Å². The molecule has 3 aromatic heterocycles. The molecule has 0 aliphatic heterocycles. The molecule has 0 saturated carbocycles. The molecule has 5 heteroatoms. The molecule has 0 atom stereocenters. The molecule has 0 aliphatic rings. The average molecular weight is 363 g/mol. The lowest BCUT2D eigenvalue weighted by molar-refractivity contribution is 0.103. The Morgan fingerprint density at radius 3 is 2.16 bits per heavy atom. The minimum absolute atomic E-state index is 0.189. The lowest BCUT2D eigenvalue weighted by atomic mass is 9.98. The summed E-state index contributed by atoms with van der Waals surface area (Å²) in [5.41, 5.74) is 1.75. The summed E-state index contributed by atoms with van der Waals surface area (Å²) in [7, 11) is 0. The second-order valence-corrected chi connectivity index (χ2v) is 7.35. The van der Waals surface area contributed by atoms with Crippen molar-refractivity contribution in [1.29, 1.82) is 0 Å². The second-order valence-electron chi connectivity index (χ2n) is 5.45. The van der Waals surface area contributed by atoms with E-state index >= 15 is 0 Å². The minimum atomic E-state index is -0.358. The fourth-order valence-electron chi connectivity index (χ4n) is 2.71. The number of H-pyrrole nitrogens is 1. The number of ketones is 1. The Hall–Kier alpha value is -2.76. The summed E-state index contributed by atoms with van der Waals surface area (Å²) in [5.74, 6) is -0.261. The molecule has 25 heavy (non-hydrogen) atoms. The fourth-order valence-corrected chi connectivity index (χ4v) is 4.16. The Kier molecular flexibility index (Phi) is 4.17. The van der Waals surface area contributed by atoms with Crippen LogP contribution in [0.5, 0.6) is 0 Å². The van der Waals surface area contributed by atoms with Crippen LogP contribution < -0.4 is 5.56 Å². The Bertz CT molecular complexity index is 1060. The number of rotatable bonds is 4. The molecule has 0 fully saturated rings. The highest BCUT2D eigenvalue weighted by molar-refractivity contribution is 7.14. The number of pyridine rings is 1. The molecule has 4 rings (SSSR count). The quantitative estimate of drug-likeness (QED) is 0.515. The van der Waals surface area contributed by atoms with Gasteiger partial charge in [0.2, 0.25) is 0 Å². The van der Waals surface area contributed by atoms with E-state index in [0.717, 1.165) is 15.4 Å². The third kappa shape index (κ3) is 2.99. The highest BCUT2D eigenvalue weighted by Gasteiger charge is 2.21. The minimum Gasteiger partial charge on any atom is -0.321 e. The number of thiophene rings is 2. The van der Waals surface area contributed by atoms with Crippen LogP contribution in [0.15, 0.2) is 76.2 Å². The molecule has 122 valence electrons. The van der Waals surface area contributed by atoms with Gasteiger partial charge in [-0.25, -0.2) is 0 Å². The van der Waals surface area contributed by atoms with Gasteiger partial charge < -0.3 is 4.98 Å². The van der Waals surface area contributed by atoms with E-state index in [9.17, 15) is 9.59 Å². The number of hydrogen-bond donors (Lipinski definition) is 1. The molecule has 0 amide bonds. The van der Waals surface area contributed by atoms with Gasteiger partial charge in [0.05, 0.1) is 16.1 Å². The number of carbonyl (C=O) groups excluding carboxylic acids is 1. The molecular weight excluding hydrogens is 350 g/mol. The van der Waals surface area contributed by atoms with Gasteiger partial charge >= 0.3 is 0 Å². The molecule has 0 bridgehead atoms. The van der Waals surface area contributed by atoms with Gasteiger partial charge in [0.25, 0.3) is 5.56 Å². The molecule has 0 radical (unpaired) electrons. The zero-order valence-electron chi connectivity index (χ0n) is 13.1. The van der Waals surface area contributed by atoms with Crippen molar-refractivity contribution in [3.05, 3.63) is 92.9 Å². The first-order valence-electron chi connectivity index (χ1n) is 7.69. The van der Waals surface area contributed by atoms with Crippen molar-refractivity contribution in [2.24, 2.45) is 0 Å². The van der Waals surface area contributed by atoms with E-state index in [0.29, 0.717) is 11.1 Å². The fraction of sp³-hybridized carbons (Fsp3) is 0. The first-order valence-corrected chi connectivity index (χ1v) is 9.45. The summed E-state index contributed by atoms with van der Waals surface area (Å²) >= 11 is 3.07. The summed E-state index contributed by atoms with van der Waals surface area (Å²) < 4.78 is 0. The maximum absolute atomic E-state index is 13.0. The van der Waals surface area contributed by atoms with E-state index in [1.807, 2.05) is 47.2 Å². The summed E-state index contributed by atoms with van der Waals surface area (Å²) in [4.78, 5) is 30.5. The molecule has 3 heterocycles. The van der Waals surface area contributed by atoms with Gasteiger partial charge in [-0.05, 0) is 29.0 Å². The summed E-state index contributed by atoms with van der Waals surface area (Å²) in [6.45, 7) is 0. The van der Waals surface area contributed by atoms with Crippen LogP contribution in [-0.4, -0.2) is 10.8 Å². The number of aromatic amines is 1. The van der Waals surface area contributed by atoms with E-state index in [1.54, 1.807) is 35.6 Å². The standard InChI is InChI=1S/C20H13NO2S2/c22-19(13-6-2-1-3-7-13)18-14(16-8-4-10-24-16)12-15(21-20(18)23)17-9-5-11-25-17/h1-12H,(H,21,23). The lowest BCUT2D eigenvalue weighted by Gasteiger charge is -2.09. The Labute approximate surface area is 152 Å². The smallest absolute Gasteiger partial charge is 0.260 e. The molecule has 0 spiro atoms. The number of hydrogen-bond acceptors (Lipinski definition) is 4. The summed E-state index contributed by atoms with van der Waals surface area (Å²) in [6, 6.07) is 18.5. The predicted molar refractivity (Wildman–Crippen MR) is 104 cm³/mol. The van der Waals surface area contributed by atoms with Gasteiger partial charge in [0.15, 0.2) is 5.78 Å². The zero-order chi connectivity index (χ0) is 17.2. The van der Waals surface area contributed by atoms with E-state index in [2.05, 4.69) is 4.98 Å². The number of aromatic nitrogens is 1. The maximum Gasteiger partial charge on any atom is 0.260 e. The van der Waals surface area contributed by atoms with Gasteiger partial charge in [0, 0.05) is 16.0 Å². The van der Waals surface area contributed by atoms with Gasteiger partial charge in [0.1, 0.15) is 0 Å². The topological polar surface area (TPSA) is 49.9 Å². The van der Waals surface area contributed by atoms with E-state index in [1.165, 1.54) is 11.3 Å². The molecule has 4 aromatic rings. The van der Waals surface area contributed by atoms with Crippen LogP contribution in [0, 0.1) is 0 Å². The van der Waals surface area contributed by atoms with Gasteiger partial charge in [-0.1, -0.05) is 42.5 Å². The van der Waals surface area contributed by atoms with Crippen molar-refractivity contribution in [2.75, 3.05) is 0 Å². The highest BCUT2D eigenvalue weighted by Crippen LogP contribution is 2.32.